The van der Waals surface area contributed by atoms with E-state index in [-0.39, 0.29) is 23.7 Å². The average molecular weight is 245 g/mol. The van der Waals surface area contributed by atoms with Gasteiger partial charge in [0.2, 0.25) is 0 Å². The first-order valence-electron chi connectivity index (χ1n) is 5.40. The number of rotatable bonds is 2. The molecule has 88 valence electrons. The van der Waals surface area contributed by atoms with Gasteiger partial charge in [-0.25, -0.2) is 4.39 Å². The Hall–Kier alpha value is -0.640. The molecule has 0 bridgehead atoms. The molecule has 0 spiro atoms. The van der Waals surface area contributed by atoms with Crippen LogP contribution in [-0.2, 0) is 4.74 Å². The summed E-state index contributed by atoms with van der Waals surface area (Å²) in [5.74, 6) is -0.350. The second-order valence-electron chi connectivity index (χ2n) is 4.05. The van der Waals surface area contributed by atoms with Crippen LogP contribution in [-0.4, -0.2) is 18.3 Å². The minimum Gasteiger partial charge on any atom is -0.396 e. The molecular weight excluding hydrogens is 231 g/mol. The molecule has 0 saturated carbocycles. The zero-order valence-electron chi connectivity index (χ0n) is 8.83. The van der Waals surface area contributed by atoms with Gasteiger partial charge < -0.3 is 9.84 Å². The van der Waals surface area contributed by atoms with Gasteiger partial charge >= 0.3 is 0 Å². The topological polar surface area (TPSA) is 29.5 Å². The Morgan fingerprint density at radius 2 is 2.31 bits per heavy atom. The molecule has 0 amide bonds. The fourth-order valence-corrected chi connectivity index (χ4v) is 2.28. The Bertz CT molecular complexity index is 370. The van der Waals surface area contributed by atoms with E-state index in [0.717, 1.165) is 18.4 Å². The largest absolute Gasteiger partial charge is 0.396 e. The van der Waals surface area contributed by atoms with Crippen LogP contribution in [0.2, 0.25) is 5.02 Å². The van der Waals surface area contributed by atoms with Gasteiger partial charge in [-0.05, 0) is 30.5 Å². The monoisotopic (exact) mass is 244 g/mol. The SMILES string of the molecule is OCC1CCCOC1c1ccc(F)c(Cl)c1. The molecule has 1 heterocycles. The number of aliphatic hydroxyl groups is 1. The number of aliphatic hydroxyl groups excluding tert-OH is 1. The molecule has 2 rings (SSSR count). The van der Waals surface area contributed by atoms with E-state index in [1.54, 1.807) is 12.1 Å². The predicted molar refractivity (Wildman–Crippen MR) is 59.9 cm³/mol. The number of benzene rings is 1. The third kappa shape index (κ3) is 2.37. The van der Waals surface area contributed by atoms with Gasteiger partial charge in [-0.1, -0.05) is 17.7 Å². The lowest BCUT2D eigenvalue weighted by Crippen LogP contribution is -2.25. The van der Waals surface area contributed by atoms with Crippen LogP contribution in [0.3, 0.4) is 0 Å². The summed E-state index contributed by atoms with van der Waals surface area (Å²) in [5, 5.41) is 9.36. The molecule has 2 nitrogen and oxygen atoms in total. The van der Waals surface area contributed by atoms with E-state index < -0.39 is 5.82 Å². The van der Waals surface area contributed by atoms with Crippen molar-refractivity contribution in [3.8, 4) is 0 Å². The van der Waals surface area contributed by atoms with E-state index in [9.17, 15) is 9.50 Å². The Labute approximate surface area is 99.0 Å². The fourth-order valence-electron chi connectivity index (χ4n) is 2.09. The minimum absolute atomic E-state index is 0.0790. The van der Waals surface area contributed by atoms with E-state index in [0.29, 0.717) is 6.61 Å². The lowest BCUT2D eigenvalue weighted by Gasteiger charge is -2.30. The van der Waals surface area contributed by atoms with Crippen LogP contribution in [0.25, 0.3) is 0 Å². The van der Waals surface area contributed by atoms with Crippen molar-refractivity contribution in [1.82, 2.24) is 0 Å². The number of hydrogen-bond acceptors (Lipinski definition) is 2. The van der Waals surface area contributed by atoms with Crippen molar-refractivity contribution in [3.63, 3.8) is 0 Å². The molecule has 1 N–H and O–H groups in total. The van der Waals surface area contributed by atoms with Gasteiger partial charge in [0.25, 0.3) is 0 Å². The molecule has 1 aromatic rings. The highest BCUT2D eigenvalue weighted by molar-refractivity contribution is 6.30. The Balaban J connectivity index is 2.23. The summed E-state index contributed by atoms with van der Waals surface area (Å²) in [6, 6.07) is 4.58. The predicted octanol–water partition coefficient (Wildman–Crippen LogP) is 2.94. The van der Waals surface area contributed by atoms with Gasteiger partial charge in [-0.2, -0.15) is 0 Å². The van der Waals surface area contributed by atoms with Crippen molar-refractivity contribution in [1.29, 1.82) is 0 Å². The number of ether oxygens (including phenoxy) is 1. The van der Waals surface area contributed by atoms with Crippen LogP contribution in [0.15, 0.2) is 18.2 Å². The van der Waals surface area contributed by atoms with E-state index in [1.807, 2.05) is 0 Å². The summed E-state index contributed by atoms with van der Waals surface area (Å²) in [6.07, 6.45) is 1.71. The molecular formula is C12H14ClFO2. The van der Waals surface area contributed by atoms with Crippen LogP contribution in [0.5, 0.6) is 0 Å². The van der Waals surface area contributed by atoms with Gasteiger partial charge in [0.1, 0.15) is 5.82 Å². The van der Waals surface area contributed by atoms with Crippen LogP contribution < -0.4 is 0 Å². The summed E-state index contributed by atoms with van der Waals surface area (Å²) in [7, 11) is 0. The molecule has 1 aliphatic heterocycles. The Morgan fingerprint density at radius 1 is 1.50 bits per heavy atom. The normalized spacial score (nSPS) is 25.7. The van der Waals surface area contributed by atoms with E-state index >= 15 is 0 Å². The molecule has 0 radical (unpaired) electrons. The summed E-state index contributed by atoms with van der Waals surface area (Å²) in [6.45, 7) is 0.760. The molecule has 1 fully saturated rings. The smallest absolute Gasteiger partial charge is 0.141 e. The van der Waals surface area contributed by atoms with Crippen LogP contribution in [0.4, 0.5) is 4.39 Å². The van der Waals surface area contributed by atoms with Crippen molar-refractivity contribution in [2.24, 2.45) is 5.92 Å². The maximum absolute atomic E-state index is 13.0. The van der Waals surface area contributed by atoms with Gasteiger partial charge in [-0.15, -0.1) is 0 Å². The zero-order valence-corrected chi connectivity index (χ0v) is 9.58. The highest BCUT2D eigenvalue weighted by Gasteiger charge is 2.27. The van der Waals surface area contributed by atoms with Gasteiger partial charge in [0.05, 0.1) is 11.1 Å². The standard InChI is InChI=1S/C12H14ClFO2/c13-10-6-8(3-4-11(10)14)12-9(7-15)2-1-5-16-12/h3-4,6,9,12,15H,1-2,5,7H2. The van der Waals surface area contributed by atoms with Gasteiger partial charge in [0, 0.05) is 19.1 Å². The second-order valence-corrected chi connectivity index (χ2v) is 4.46. The third-order valence-electron chi connectivity index (χ3n) is 2.95. The summed E-state index contributed by atoms with van der Waals surface area (Å²) in [4.78, 5) is 0. The average Bonchev–Trinajstić information content (AvgIpc) is 2.32. The molecule has 1 aliphatic rings. The number of halogens is 2. The molecule has 1 aromatic carbocycles. The van der Waals surface area contributed by atoms with Crippen molar-refractivity contribution >= 4 is 11.6 Å². The van der Waals surface area contributed by atoms with Crippen molar-refractivity contribution in [3.05, 3.63) is 34.6 Å². The Morgan fingerprint density at radius 3 is 3.00 bits per heavy atom. The van der Waals surface area contributed by atoms with E-state index in [4.69, 9.17) is 16.3 Å². The first-order chi connectivity index (χ1) is 7.72. The fraction of sp³-hybridized carbons (Fsp3) is 0.500. The molecule has 16 heavy (non-hydrogen) atoms. The molecule has 4 heteroatoms. The van der Waals surface area contributed by atoms with Crippen LogP contribution >= 0.6 is 11.6 Å². The van der Waals surface area contributed by atoms with Crippen LogP contribution in [0.1, 0.15) is 24.5 Å². The van der Waals surface area contributed by atoms with Crippen molar-refractivity contribution in [2.45, 2.75) is 18.9 Å². The summed E-state index contributed by atoms with van der Waals surface area (Å²) in [5.41, 5.74) is 0.838. The van der Waals surface area contributed by atoms with Gasteiger partial charge in [-0.3, -0.25) is 0 Å². The molecule has 0 aliphatic carbocycles. The first-order valence-corrected chi connectivity index (χ1v) is 5.77. The molecule has 1 saturated heterocycles. The highest BCUT2D eigenvalue weighted by atomic mass is 35.5. The van der Waals surface area contributed by atoms with E-state index in [2.05, 4.69) is 0 Å². The maximum Gasteiger partial charge on any atom is 0.141 e. The molecule has 2 atom stereocenters. The minimum atomic E-state index is -0.429. The van der Waals surface area contributed by atoms with E-state index in [1.165, 1.54) is 6.07 Å². The third-order valence-corrected chi connectivity index (χ3v) is 3.24. The van der Waals surface area contributed by atoms with Crippen LogP contribution in [0, 0.1) is 11.7 Å². The van der Waals surface area contributed by atoms with Gasteiger partial charge in [0.15, 0.2) is 0 Å². The lowest BCUT2D eigenvalue weighted by molar-refractivity contribution is -0.0457. The number of hydrogen-bond donors (Lipinski definition) is 1. The summed E-state index contributed by atoms with van der Waals surface area (Å²) >= 11 is 5.73. The van der Waals surface area contributed by atoms with Crippen molar-refractivity contribution in [2.75, 3.05) is 13.2 Å². The maximum atomic E-state index is 13.0. The molecule has 0 aromatic heterocycles. The first kappa shape index (κ1) is 11.8. The second kappa shape index (κ2) is 5.13. The lowest BCUT2D eigenvalue weighted by atomic mass is 9.90. The highest BCUT2D eigenvalue weighted by Crippen LogP contribution is 2.34. The van der Waals surface area contributed by atoms with Crippen molar-refractivity contribution < 1.29 is 14.2 Å². The summed E-state index contributed by atoms with van der Waals surface area (Å²) < 4.78 is 18.6. The Kier molecular flexibility index (Phi) is 3.79. The molecule has 2 unspecified atom stereocenters. The zero-order chi connectivity index (χ0) is 11.5. The quantitative estimate of drug-likeness (QED) is 0.867.